The lowest BCUT2D eigenvalue weighted by molar-refractivity contribution is 0.249. The Morgan fingerprint density at radius 2 is 2.05 bits per heavy atom. The highest BCUT2D eigenvalue weighted by molar-refractivity contribution is 7.91. The van der Waals surface area contributed by atoms with Crippen molar-refractivity contribution in [1.82, 2.24) is 14.7 Å². The van der Waals surface area contributed by atoms with Crippen molar-refractivity contribution in [3.8, 4) is 11.4 Å². The van der Waals surface area contributed by atoms with Crippen LogP contribution >= 0.6 is 11.5 Å². The summed E-state index contributed by atoms with van der Waals surface area (Å²) in [6.07, 6.45) is 0.446. The number of aromatic nitrogens is 2. The smallest absolute Gasteiger partial charge is 0.321 e. The second-order valence-corrected chi connectivity index (χ2v) is 7.97. The van der Waals surface area contributed by atoms with E-state index in [0.717, 1.165) is 17.1 Å². The molecule has 22 heavy (non-hydrogen) atoms. The molecule has 7 nitrogen and oxygen atoms in total. The molecule has 0 radical (unpaired) electrons. The van der Waals surface area contributed by atoms with E-state index in [0.29, 0.717) is 17.4 Å². The lowest BCUT2D eigenvalue weighted by Crippen LogP contribution is -2.38. The van der Waals surface area contributed by atoms with Gasteiger partial charge < -0.3 is 5.32 Å². The Bertz CT molecular complexity index is 774. The zero-order valence-corrected chi connectivity index (χ0v) is 13.2. The molecule has 0 unspecified atom stereocenters. The van der Waals surface area contributed by atoms with Crippen LogP contribution in [0.3, 0.4) is 0 Å². The molecule has 0 aliphatic carbocycles. The van der Waals surface area contributed by atoms with Crippen LogP contribution in [0.4, 0.5) is 9.93 Å². The first kappa shape index (κ1) is 14.9. The van der Waals surface area contributed by atoms with Gasteiger partial charge in [0.25, 0.3) is 0 Å². The van der Waals surface area contributed by atoms with E-state index in [1.54, 1.807) is 0 Å². The first-order valence-corrected chi connectivity index (χ1v) is 9.28. The summed E-state index contributed by atoms with van der Waals surface area (Å²) < 4.78 is 26.9. The molecule has 2 N–H and O–H groups in total. The largest absolute Gasteiger partial charge is 0.334 e. The predicted octanol–water partition coefficient (Wildman–Crippen LogP) is 1.51. The molecule has 3 rings (SSSR count). The summed E-state index contributed by atoms with van der Waals surface area (Å²) in [7, 11) is -3.01. The summed E-state index contributed by atoms with van der Waals surface area (Å²) in [4.78, 5) is 16.1. The van der Waals surface area contributed by atoms with Crippen LogP contribution in [0.15, 0.2) is 30.3 Å². The number of urea groups is 1. The summed E-state index contributed by atoms with van der Waals surface area (Å²) in [5.74, 6) is 0.658. The molecule has 0 spiro atoms. The number of hydrogen-bond acceptors (Lipinski definition) is 6. The van der Waals surface area contributed by atoms with Crippen molar-refractivity contribution in [1.29, 1.82) is 0 Å². The third kappa shape index (κ3) is 3.60. The van der Waals surface area contributed by atoms with Crippen LogP contribution in [-0.2, 0) is 9.84 Å². The molecule has 1 aromatic heterocycles. The van der Waals surface area contributed by atoms with Crippen molar-refractivity contribution in [2.24, 2.45) is 0 Å². The quantitative estimate of drug-likeness (QED) is 0.883. The number of carbonyl (C=O) groups excluding carboxylic acids is 1. The average Bonchev–Trinajstić information content (AvgIpc) is 3.06. The molecular weight excluding hydrogens is 324 g/mol. The van der Waals surface area contributed by atoms with Gasteiger partial charge in [-0.05, 0) is 6.42 Å². The van der Waals surface area contributed by atoms with Gasteiger partial charge in [0, 0.05) is 23.1 Å². The van der Waals surface area contributed by atoms with Gasteiger partial charge in [-0.2, -0.15) is 9.36 Å². The van der Waals surface area contributed by atoms with Gasteiger partial charge in [0.1, 0.15) is 0 Å². The average molecular weight is 338 g/mol. The molecule has 9 heteroatoms. The second kappa shape index (κ2) is 6.01. The van der Waals surface area contributed by atoms with E-state index < -0.39 is 15.9 Å². The molecule has 1 aliphatic rings. The Labute approximate surface area is 131 Å². The lowest BCUT2D eigenvalue weighted by Gasteiger charge is -2.10. The number of rotatable bonds is 3. The fraction of sp³-hybridized carbons (Fsp3) is 0.308. The summed E-state index contributed by atoms with van der Waals surface area (Å²) >= 11 is 1.08. The number of amides is 2. The maximum atomic E-state index is 11.8. The molecule has 116 valence electrons. The van der Waals surface area contributed by atoms with Crippen LogP contribution in [0.5, 0.6) is 0 Å². The fourth-order valence-electron chi connectivity index (χ4n) is 2.21. The summed E-state index contributed by atoms with van der Waals surface area (Å²) in [6.45, 7) is 0. The minimum Gasteiger partial charge on any atom is -0.334 e. The summed E-state index contributed by atoms with van der Waals surface area (Å²) in [5.41, 5.74) is 0.870. The number of sulfone groups is 1. The maximum absolute atomic E-state index is 11.8. The first-order valence-electron chi connectivity index (χ1n) is 6.69. The Kier molecular flexibility index (Phi) is 4.08. The van der Waals surface area contributed by atoms with Crippen molar-refractivity contribution in [2.45, 2.75) is 12.5 Å². The molecule has 1 atom stereocenters. The van der Waals surface area contributed by atoms with Crippen molar-refractivity contribution in [3.63, 3.8) is 0 Å². The second-order valence-electron chi connectivity index (χ2n) is 4.99. The van der Waals surface area contributed by atoms with Crippen LogP contribution in [-0.4, -0.2) is 41.4 Å². The normalized spacial score (nSPS) is 19.7. The zero-order valence-electron chi connectivity index (χ0n) is 11.5. The number of benzene rings is 1. The highest BCUT2D eigenvalue weighted by Crippen LogP contribution is 2.20. The monoisotopic (exact) mass is 338 g/mol. The molecule has 0 saturated carbocycles. The topological polar surface area (TPSA) is 101 Å². The molecular formula is C13H14N4O3S2. The highest BCUT2D eigenvalue weighted by atomic mass is 32.2. The van der Waals surface area contributed by atoms with Crippen LogP contribution in [0.2, 0.25) is 0 Å². The van der Waals surface area contributed by atoms with Crippen LogP contribution < -0.4 is 10.6 Å². The van der Waals surface area contributed by atoms with Gasteiger partial charge in [-0.1, -0.05) is 30.3 Å². The van der Waals surface area contributed by atoms with Crippen molar-refractivity contribution < 1.29 is 13.2 Å². The molecule has 0 bridgehead atoms. The first-order chi connectivity index (χ1) is 10.5. The van der Waals surface area contributed by atoms with Gasteiger partial charge in [0.05, 0.1) is 11.5 Å². The van der Waals surface area contributed by atoms with Crippen molar-refractivity contribution in [2.75, 3.05) is 16.8 Å². The number of carbonyl (C=O) groups is 1. The van der Waals surface area contributed by atoms with E-state index in [-0.39, 0.29) is 17.5 Å². The molecule has 1 fully saturated rings. The van der Waals surface area contributed by atoms with Gasteiger partial charge in [0.2, 0.25) is 5.13 Å². The minimum atomic E-state index is -3.01. The molecule has 1 saturated heterocycles. The Balaban J connectivity index is 1.60. The molecule has 2 heterocycles. The van der Waals surface area contributed by atoms with Gasteiger partial charge >= 0.3 is 6.03 Å². The minimum absolute atomic E-state index is 0.00813. The van der Waals surface area contributed by atoms with E-state index in [4.69, 9.17) is 0 Å². The Hall–Kier alpha value is -2.00. The molecule has 2 aromatic rings. The van der Waals surface area contributed by atoms with Gasteiger partial charge in [0.15, 0.2) is 15.7 Å². The highest BCUT2D eigenvalue weighted by Gasteiger charge is 2.29. The van der Waals surface area contributed by atoms with Crippen LogP contribution in [0.25, 0.3) is 11.4 Å². The Morgan fingerprint density at radius 3 is 2.73 bits per heavy atom. The van der Waals surface area contributed by atoms with Gasteiger partial charge in [-0.3, -0.25) is 5.32 Å². The number of nitrogens with one attached hydrogen (secondary N) is 2. The number of anilines is 1. The van der Waals surface area contributed by atoms with Crippen molar-refractivity contribution in [3.05, 3.63) is 30.3 Å². The van der Waals surface area contributed by atoms with E-state index in [1.165, 1.54) is 0 Å². The number of nitrogens with zero attached hydrogens (tertiary/aromatic N) is 2. The molecule has 1 aromatic carbocycles. The molecule has 1 aliphatic heterocycles. The zero-order chi connectivity index (χ0) is 15.6. The maximum Gasteiger partial charge on any atom is 0.321 e. The number of hydrogen-bond donors (Lipinski definition) is 2. The van der Waals surface area contributed by atoms with Gasteiger partial charge in [-0.15, -0.1) is 0 Å². The van der Waals surface area contributed by atoms with E-state index in [2.05, 4.69) is 20.0 Å². The van der Waals surface area contributed by atoms with E-state index in [9.17, 15) is 13.2 Å². The fourth-order valence-corrected chi connectivity index (χ4v) is 4.46. The van der Waals surface area contributed by atoms with E-state index >= 15 is 0 Å². The summed E-state index contributed by atoms with van der Waals surface area (Å²) in [6, 6.07) is 8.64. The SMILES string of the molecule is O=C(Nc1nc(-c2ccccc2)ns1)N[C@H]1CCS(=O)(=O)C1. The van der Waals surface area contributed by atoms with Crippen molar-refractivity contribution >= 4 is 32.5 Å². The standard InChI is InChI=1S/C13H14N4O3S2/c18-12(14-10-6-7-22(19,20)8-10)16-13-15-11(17-21-13)9-4-2-1-3-5-9/h1-5,10H,6-8H2,(H2,14,15,16,17,18)/t10-/m0/s1. The van der Waals surface area contributed by atoms with Crippen LogP contribution in [0.1, 0.15) is 6.42 Å². The molecule has 2 amide bonds. The third-order valence-electron chi connectivity index (χ3n) is 3.25. The predicted molar refractivity (Wildman–Crippen MR) is 84.6 cm³/mol. The van der Waals surface area contributed by atoms with Gasteiger partial charge in [-0.25, -0.2) is 13.2 Å². The Morgan fingerprint density at radius 1 is 1.27 bits per heavy atom. The van der Waals surface area contributed by atoms with E-state index in [1.807, 2.05) is 30.3 Å². The summed E-state index contributed by atoms with van der Waals surface area (Å²) in [5, 5.41) is 5.60. The lowest BCUT2D eigenvalue weighted by atomic mass is 10.2. The third-order valence-corrected chi connectivity index (χ3v) is 5.64. The van der Waals surface area contributed by atoms with Crippen LogP contribution in [0, 0.1) is 0 Å².